The first kappa shape index (κ1) is 21.4. The lowest BCUT2D eigenvalue weighted by Gasteiger charge is -2.47. The number of fused-ring (bicyclic) bond motifs is 3. The summed E-state index contributed by atoms with van der Waals surface area (Å²) in [5.41, 5.74) is 1.01. The number of nitrogens with zero attached hydrogens (tertiary/aromatic N) is 4. The smallest absolute Gasteiger partial charge is 0.311 e. The Kier molecular flexibility index (Phi) is 5.67. The normalized spacial score (nSPS) is 23.1. The molecule has 8 heteroatoms. The minimum absolute atomic E-state index is 0.0420. The van der Waals surface area contributed by atoms with Crippen molar-refractivity contribution in [3.05, 3.63) is 76.8 Å². The lowest BCUT2D eigenvalue weighted by molar-refractivity contribution is 0.128. The van der Waals surface area contributed by atoms with E-state index in [9.17, 15) is 13.2 Å². The van der Waals surface area contributed by atoms with Crippen LogP contribution in [0, 0.1) is 17.7 Å². The van der Waals surface area contributed by atoms with Gasteiger partial charge in [0.25, 0.3) is 0 Å². The Labute approximate surface area is 192 Å². The van der Waals surface area contributed by atoms with Crippen LogP contribution in [-0.2, 0) is 6.54 Å². The molecule has 2 aliphatic heterocycles. The summed E-state index contributed by atoms with van der Waals surface area (Å²) in [7, 11) is 0. The Morgan fingerprint density at radius 2 is 1.88 bits per heavy atom. The van der Waals surface area contributed by atoms with Gasteiger partial charge in [-0.2, -0.15) is 14.4 Å². The predicted octanol–water partition coefficient (Wildman–Crippen LogP) is 5.61. The highest BCUT2D eigenvalue weighted by Crippen LogP contribution is 2.42. The fourth-order valence-corrected chi connectivity index (χ4v) is 5.73. The molecule has 3 heterocycles. The summed E-state index contributed by atoms with van der Waals surface area (Å²) < 4.78 is 43.3. The van der Waals surface area contributed by atoms with E-state index in [1.54, 1.807) is 0 Å². The Balaban J connectivity index is 1.59. The number of aromatic nitrogens is 2. The summed E-state index contributed by atoms with van der Waals surface area (Å²) in [4.78, 5) is 12.2. The quantitative estimate of drug-likeness (QED) is 0.258. The van der Waals surface area contributed by atoms with E-state index >= 15 is 0 Å². The molecule has 4 nitrogen and oxygen atoms in total. The third-order valence-corrected chi connectivity index (χ3v) is 7.38. The van der Waals surface area contributed by atoms with Gasteiger partial charge in [0.15, 0.2) is 5.82 Å². The summed E-state index contributed by atoms with van der Waals surface area (Å²) in [6, 6.07) is 11.4. The van der Waals surface area contributed by atoms with Gasteiger partial charge in [-0.15, -0.1) is 6.58 Å². The monoisotopic (exact) mass is 502 g/mol. The fraction of sp³-hybridized carbons (Fsp3) is 0.333. The third-order valence-electron chi connectivity index (χ3n) is 6.60. The average molecular weight is 503 g/mol. The molecule has 166 valence electrons. The first-order valence-corrected chi connectivity index (χ1v) is 11.4. The molecule has 5 rings (SSSR count). The number of anilines is 1. The van der Waals surface area contributed by atoms with Crippen LogP contribution in [0.3, 0.4) is 0 Å². The maximum absolute atomic E-state index is 14.5. The number of benzene rings is 2. The molecular weight excluding hydrogens is 481 g/mol. The van der Waals surface area contributed by atoms with E-state index in [1.165, 1.54) is 5.56 Å². The van der Waals surface area contributed by atoms with Gasteiger partial charge >= 0.3 is 6.08 Å². The minimum atomic E-state index is -1.03. The second-order valence-corrected chi connectivity index (χ2v) is 9.19. The van der Waals surface area contributed by atoms with E-state index < -0.39 is 17.7 Å². The summed E-state index contributed by atoms with van der Waals surface area (Å²) in [6.07, 6.45) is 3.44. The molecule has 2 aromatic carbocycles. The second-order valence-electron chi connectivity index (χ2n) is 8.39. The van der Waals surface area contributed by atoms with Gasteiger partial charge in [-0.1, -0.05) is 36.4 Å². The van der Waals surface area contributed by atoms with Crippen LogP contribution >= 0.6 is 15.9 Å². The van der Waals surface area contributed by atoms with E-state index in [2.05, 4.69) is 49.5 Å². The lowest BCUT2D eigenvalue weighted by atomic mass is 9.98. The molecule has 0 saturated carbocycles. The van der Waals surface area contributed by atoms with Crippen LogP contribution < -0.4 is 4.90 Å². The largest absolute Gasteiger partial charge is 0.349 e. The maximum atomic E-state index is 14.5. The fourth-order valence-electron chi connectivity index (χ4n) is 5.25. The van der Waals surface area contributed by atoms with E-state index in [0.717, 1.165) is 19.4 Å². The number of hydrogen-bond acceptors (Lipinski definition) is 4. The second kappa shape index (κ2) is 8.48. The molecule has 2 bridgehead atoms. The SMILES string of the molecule is C=CC[C@@H]1C2CC[C@@H](CN1c1nc(F)nc3c(F)cc(F)c(Br)c13)N2Cc1ccccc1. The molecule has 2 aliphatic rings. The van der Waals surface area contributed by atoms with Gasteiger partial charge in [0, 0.05) is 37.3 Å². The first-order chi connectivity index (χ1) is 15.5. The molecular formula is C24H22BrF3N4. The van der Waals surface area contributed by atoms with Crippen molar-refractivity contribution < 1.29 is 13.2 Å². The molecule has 32 heavy (non-hydrogen) atoms. The zero-order chi connectivity index (χ0) is 22.4. The van der Waals surface area contributed by atoms with E-state index in [1.807, 2.05) is 29.2 Å². The summed E-state index contributed by atoms with van der Waals surface area (Å²) >= 11 is 3.22. The van der Waals surface area contributed by atoms with Gasteiger partial charge in [0.2, 0.25) is 0 Å². The van der Waals surface area contributed by atoms with Crippen molar-refractivity contribution >= 4 is 32.7 Å². The van der Waals surface area contributed by atoms with Gasteiger partial charge in [-0.25, -0.2) is 8.78 Å². The third kappa shape index (κ3) is 3.59. The van der Waals surface area contributed by atoms with Crippen molar-refractivity contribution in [1.82, 2.24) is 14.9 Å². The van der Waals surface area contributed by atoms with Crippen LogP contribution in [0.4, 0.5) is 19.0 Å². The molecule has 3 aromatic rings. The Bertz CT molecular complexity index is 1170. The summed E-state index contributed by atoms with van der Waals surface area (Å²) in [6.45, 7) is 5.32. The van der Waals surface area contributed by atoms with E-state index in [-0.39, 0.29) is 39.3 Å². The number of rotatable bonds is 5. The Hall–Kier alpha value is -2.45. The van der Waals surface area contributed by atoms with Crippen molar-refractivity contribution in [2.24, 2.45) is 0 Å². The molecule has 1 unspecified atom stereocenters. The van der Waals surface area contributed by atoms with Crippen LogP contribution in [0.2, 0.25) is 0 Å². The summed E-state index contributed by atoms with van der Waals surface area (Å²) in [5.74, 6) is -1.45. The molecule has 0 aliphatic carbocycles. The Morgan fingerprint density at radius 3 is 2.62 bits per heavy atom. The number of piperazine rings is 1. The van der Waals surface area contributed by atoms with Crippen LogP contribution in [-0.4, -0.2) is 39.5 Å². The van der Waals surface area contributed by atoms with Crippen molar-refractivity contribution in [3.8, 4) is 0 Å². The van der Waals surface area contributed by atoms with Crippen molar-refractivity contribution in [1.29, 1.82) is 0 Å². The highest BCUT2D eigenvalue weighted by Gasteiger charge is 2.46. The standard InChI is InChI=1S/C24H22BrF3N4/c1-2-6-18-19-10-9-15(31(19)12-14-7-4-3-5-8-14)13-32(18)23-20-21(25)16(26)11-17(27)22(20)29-24(28)30-23/h2-5,7-8,11,15,18-19H,1,6,9-10,12-13H2/t15-,18+,19?/m0/s1. The van der Waals surface area contributed by atoms with Gasteiger partial charge < -0.3 is 4.90 Å². The number of halogens is 4. The molecule has 0 N–H and O–H groups in total. The summed E-state index contributed by atoms with van der Waals surface area (Å²) in [5, 5.41) is 0.161. The molecule has 1 aromatic heterocycles. The van der Waals surface area contributed by atoms with Crippen molar-refractivity contribution in [3.63, 3.8) is 0 Å². The van der Waals surface area contributed by atoms with Gasteiger partial charge in [-0.05, 0) is 40.8 Å². The van der Waals surface area contributed by atoms with Gasteiger partial charge in [0.05, 0.1) is 9.86 Å². The molecule has 2 fully saturated rings. The highest BCUT2D eigenvalue weighted by molar-refractivity contribution is 9.10. The average Bonchev–Trinajstić information content (AvgIpc) is 3.06. The topological polar surface area (TPSA) is 32.3 Å². The van der Waals surface area contributed by atoms with Crippen LogP contribution in [0.15, 0.2) is 53.5 Å². The first-order valence-electron chi connectivity index (χ1n) is 10.7. The predicted molar refractivity (Wildman–Crippen MR) is 122 cm³/mol. The maximum Gasteiger partial charge on any atom is 0.311 e. The zero-order valence-electron chi connectivity index (χ0n) is 17.3. The van der Waals surface area contributed by atoms with Crippen LogP contribution in [0.5, 0.6) is 0 Å². The van der Waals surface area contributed by atoms with Crippen LogP contribution in [0.25, 0.3) is 10.9 Å². The zero-order valence-corrected chi connectivity index (χ0v) is 18.9. The molecule has 0 spiro atoms. The Morgan fingerprint density at radius 1 is 1.09 bits per heavy atom. The van der Waals surface area contributed by atoms with Crippen molar-refractivity contribution in [2.75, 3.05) is 11.4 Å². The molecule has 2 saturated heterocycles. The van der Waals surface area contributed by atoms with Crippen molar-refractivity contribution in [2.45, 2.75) is 43.9 Å². The van der Waals surface area contributed by atoms with Gasteiger partial charge in [-0.3, -0.25) is 4.90 Å². The lowest BCUT2D eigenvalue weighted by Crippen LogP contribution is -2.59. The highest BCUT2D eigenvalue weighted by atomic mass is 79.9. The molecule has 3 atom stereocenters. The van der Waals surface area contributed by atoms with E-state index in [0.29, 0.717) is 19.0 Å². The van der Waals surface area contributed by atoms with E-state index in [4.69, 9.17) is 0 Å². The minimum Gasteiger partial charge on any atom is -0.349 e. The molecule has 0 amide bonds. The van der Waals surface area contributed by atoms with Gasteiger partial charge in [0.1, 0.15) is 17.2 Å². The molecule has 0 radical (unpaired) electrons. The number of hydrogen-bond donors (Lipinski definition) is 0. The van der Waals surface area contributed by atoms with Crippen LogP contribution in [0.1, 0.15) is 24.8 Å².